The average molecular weight is 600 g/mol. The van der Waals surface area contributed by atoms with Crippen molar-refractivity contribution in [3.63, 3.8) is 0 Å². The van der Waals surface area contributed by atoms with E-state index in [9.17, 15) is 19.5 Å². The molecule has 1 fully saturated rings. The van der Waals surface area contributed by atoms with Gasteiger partial charge in [0, 0.05) is 56.3 Å². The molecule has 3 heterocycles. The second-order valence-corrected chi connectivity index (χ2v) is 11.0. The highest BCUT2D eigenvalue weighted by Crippen LogP contribution is 2.36. The maximum Gasteiger partial charge on any atom is 0.330 e. The third-order valence-electron chi connectivity index (χ3n) is 8.19. The van der Waals surface area contributed by atoms with E-state index in [0.717, 1.165) is 50.1 Å². The minimum Gasteiger partial charge on any atom is -0.481 e. The number of aliphatic hydroxyl groups is 1. The molecule has 1 saturated heterocycles. The number of hydrogen-bond acceptors (Lipinski definition) is 8. The summed E-state index contributed by atoms with van der Waals surface area (Å²) in [5, 5.41) is 16.5. The highest BCUT2D eigenvalue weighted by Gasteiger charge is 2.24. The maximum atomic E-state index is 13.1. The number of rotatable bonds is 8. The van der Waals surface area contributed by atoms with Gasteiger partial charge in [-0.2, -0.15) is 0 Å². The Balaban J connectivity index is 1.42. The molecule has 0 bridgehead atoms. The van der Waals surface area contributed by atoms with E-state index in [1.165, 1.54) is 24.9 Å². The summed E-state index contributed by atoms with van der Waals surface area (Å²) in [5.41, 5.74) is 5.54. The molecule has 44 heavy (non-hydrogen) atoms. The molecule has 3 N–H and O–H groups in total. The van der Waals surface area contributed by atoms with Gasteiger partial charge in [-0.3, -0.25) is 14.2 Å². The molecule has 4 aromatic rings. The minimum absolute atomic E-state index is 0.0531. The maximum absolute atomic E-state index is 13.1. The van der Waals surface area contributed by atoms with Gasteiger partial charge < -0.3 is 29.8 Å². The number of aromatic nitrogens is 3. The summed E-state index contributed by atoms with van der Waals surface area (Å²) in [6, 6.07) is 15.5. The first-order valence-electron chi connectivity index (χ1n) is 14.4. The van der Waals surface area contributed by atoms with Crippen LogP contribution in [0.4, 0.5) is 5.69 Å². The van der Waals surface area contributed by atoms with Crippen LogP contribution in [0.15, 0.2) is 64.3 Å². The molecule has 2 aromatic carbocycles. The summed E-state index contributed by atoms with van der Waals surface area (Å²) in [6.45, 7) is 5.38. The zero-order valence-corrected chi connectivity index (χ0v) is 25.5. The average Bonchev–Trinajstić information content (AvgIpc) is 3.02. The van der Waals surface area contributed by atoms with Gasteiger partial charge in [0.15, 0.2) is 0 Å². The quantitative estimate of drug-likeness (QED) is 0.281. The van der Waals surface area contributed by atoms with Crippen molar-refractivity contribution in [1.82, 2.24) is 19.4 Å². The van der Waals surface area contributed by atoms with E-state index >= 15 is 0 Å². The van der Waals surface area contributed by atoms with Crippen LogP contribution in [0, 0.1) is 13.8 Å². The molecule has 1 unspecified atom stereocenters. The Bertz CT molecular complexity index is 1830. The Hall–Kier alpha value is -4.58. The molecule has 11 heteroatoms. The number of carbonyl (C=O) groups excluding carboxylic acids is 1. The first-order valence-corrected chi connectivity index (χ1v) is 14.4. The second kappa shape index (κ2) is 13.0. The fourth-order valence-electron chi connectivity index (χ4n) is 5.55. The highest BCUT2D eigenvalue weighted by molar-refractivity contribution is 6.04. The molecule has 1 aliphatic rings. The van der Waals surface area contributed by atoms with Gasteiger partial charge >= 0.3 is 5.69 Å². The number of aliphatic hydroxyl groups excluding tert-OH is 1. The van der Waals surface area contributed by atoms with Crippen molar-refractivity contribution in [2.45, 2.75) is 39.0 Å². The first kappa shape index (κ1) is 30.9. The van der Waals surface area contributed by atoms with Gasteiger partial charge in [-0.05, 0) is 54.7 Å². The smallest absolute Gasteiger partial charge is 0.330 e. The number of carbonyl (C=O) groups is 1. The third kappa shape index (κ3) is 6.07. The van der Waals surface area contributed by atoms with Gasteiger partial charge in [0.05, 0.1) is 25.5 Å². The lowest BCUT2D eigenvalue weighted by atomic mass is 9.91. The van der Waals surface area contributed by atoms with E-state index in [2.05, 4.69) is 10.6 Å². The van der Waals surface area contributed by atoms with Crippen molar-refractivity contribution in [3.05, 3.63) is 97.8 Å². The van der Waals surface area contributed by atoms with Crippen molar-refractivity contribution in [3.8, 4) is 28.3 Å². The number of amides is 1. The van der Waals surface area contributed by atoms with Gasteiger partial charge in [-0.15, -0.1) is 0 Å². The van der Waals surface area contributed by atoms with Crippen LogP contribution in [0.25, 0.3) is 22.4 Å². The summed E-state index contributed by atoms with van der Waals surface area (Å²) in [7, 11) is 4.43. The van der Waals surface area contributed by atoms with Crippen LogP contribution in [-0.4, -0.2) is 57.6 Å². The zero-order chi connectivity index (χ0) is 31.5. The van der Waals surface area contributed by atoms with Crippen LogP contribution in [0.2, 0.25) is 0 Å². The van der Waals surface area contributed by atoms with Crippen LogP contribution in [0.3, 0.4) is 0 Å². The van der Waals surface area contributed by atoms with Crippen molar-refractivity contribution in [2.24, 2.45) is 14.1 Å². The molecule has 5 rings (SSSR count). The predicted molar refractivity (Wildman–Crippen MR) is 168 cm³/mol. The van der Waals surface area contributed by atoms with Gasteiger partial charge in [0.2, 0.25) is 5.88 Å². The molecule has 1 aliphatic heterocycles. The molecule has 11 nitrogen and oxygen atoms in total. The van der Waals surface area contributed by atoms with Crippen LogP contribution < -0.4 is 26.6 Å². The molecule has 2 aromatic heterocycles. The standard InChI is InChI=1S/C33H37N5O6/c1-19-22(23-9-7-11-26(20(23)2)35-30(40)25-17-37(3)33(42)38(4)32(25)41)8-6-10-24(19)27-13-12-21(31(36-27)43-5)16-34-28-14-15-44-18-29(28)39/h6-13,17,28-29,34,39H,14-16,18H2,1-5H3,(H,35,40)/t28?,29-/m0/s1. The fraction of sp³-hybridized carbons (Fsp3) is 0.333. The van der Waals surface area contributed by atoms with Crippen molar-refractivity contribution < 1.29 is 19.4 Å². The number of ether oxygens (including phenoxy) is 2. The van der Waals surface area contributed by atoms with E-state index in [0.29, 0.717) is 31.3 Å². The topological polar surface area (TPSA) is 137 Å². The van der Waals surface area contributed by atoms with E-state index in [1.54, 1.807) is 13.2 Å². The van der Waals surface area contributed by atoms with Crippen LogP contribution in [0.1, 0.15) is 33.5 Å². The number of nitrogens with zero attached hydrogens (tertiary/aromatic N) is 3. The lowest BCUT2D eigenvalue weighted by molar-refractivity contribution is -0.0281. The van der Waals surface area contributed by atoms with Crippen molar-refractivity contribution in [1.29, 1.82) is 0 Å². The third-order valence-corrected chi connectivity index (χ3v) is 8.19. The van der Waals surface area contributed by atoms with Gasteiger partial charge in [-0.1, -0.05) is 36.4 Å². The molecule has 230 valence electrons. The Labute approximate surface area is 255 Å². The van der Waals surface area contributed by atoms with E-state index in [4.69, 9.17) is 14.5 Å². The molecule has 0 spiro atoms. The lowest BCUT2D eigenvalue weighted by Crippen LogP contribution is -2.46. The van der Waals surface area contributed by atoms with Crippen LogP contribution >= 0.6 is 0 Å². The molecular weight excluding hydrogens is 562 g/mol. The summed E-state index contributed by atoms with van der Waals surface area (Å²) in [6.07, 6.45) is 1.43. The monoisotopic (exact) mass is 599 g/mol. The predicted octanol–water partition coefficient (Wildman–Crippen LogP) is 2.93. The van der Waals surface area contributed by atoms with E-state index in [-0.39, 0.29) is 11.6 Å². The SMILES string of the molecule is COc1nc(-c2cccc(-c3cccc(NC(=O)c4cn(C)c(=O)n(C)c4=O)c3C)c2C)ccc1CNC1CCOC[C@@H]1O. The van der Waals surface area contributed by atoms with Crippen LogP contribution in [0.5, 0.6) is 5.88 Å². The van der Waals surface area contributed by atoms with Gasteiger partial charge in [0.25, 0.3) is 11.5 Å². The summed E-state index contributed by atoms with van der Waals surface area (Å²) in [5.74, 6) is -0.0871. The Morgan fingerprint density at radius 3 is 2.48 bits per heavy atom. The normalized spacial score (nSPS) is 16.5. The van der Waals surface area contributed by atoms with Crippen LogP contribution in [-0.2, 0) is 25.4 Å². The Morgan fingerprint density at radius 1 is 1.05 bits per heavy atom. The molecule has 1 amide bonds. The van der Waals surface area contributed by atoms with Crippen molar-refractivity contribution in [2.75, 3.05) is 25.6 Å². The van der Waals surface area contributed by atoms with E-state index < -0.39 is 23.3 Å². The Morgan fingerprint density at radius 2 is 1.75 bits per heavy atom. The summed E-state index contributed by atoms with van der Waals surface area (Å²) >= 11 is 0. The number of pyridine rings is 1. The van der Waals surface area contributed by atoms with Gasteiger partial charge in [0.1, 0.15) is 5.56 Å². The summed E-state index contributed by atoms with van der Waals surface area (Å²) in [4.78, 5) is 42.6. The minimum atomic E-state index is -0.658. The number of methoxy groups -OCH3 is 1. The number of nitrogens with one attached hydrogen (secondary N) is 2. The lowest BCUT2D eigenvalue weighted by Gasteiger charge is -2.28. The summed E-state index contributed by atoms with van der Waals surface area (Å²) < 4.78 is 13.1. The van der Waals surface area contributed by atoms with Gasteiger partial charge in [-0.25, -0.2) is 9.78 Å². The second-order valence-electron chi connectivity index (χ2n) is 11.0. The number of benzene rings is 2. The molecule has 0 radical (unpaired) electrons. The van der Waals surface area contributed by atoms with E-state index in [1.807, 2.05) is 56.3 Å². The highest BCUT2D eigenvalue weighted by atomic mass is 16.5. The molecular formula is C33H37N5O6. The largest absolute Gasteiger partial charge is 0.481 e. The molecule has 0 aliphatic carbocycles. The zero-order valence-electron chi connectivity index (χ0n) is 25.5. The number of aryl methyl sites for hydroxylation is 1. The van der Waals surface area contributed by atoms with Crippen molar-refractivity contribution >= 4 is 11.6 Å². The number of anilines is 1. The number of hydrogen-bond donors (Lipinski definition) is 3. The molecule has 0 saturated carbocycles. The molecule has 2 atom stereocenters. The first-order chi connectivity index (χ1) is 21.1. The Kier molecular flexibility index (Phi) is 9.09. The fourth-order valence-corrected chi connectivity index (χ4v) is 5.55.